The maximum Gasteiger partial charge on any atom is 0.371 e. The Hall–Kier alpha value is -1.26. The van der Waals surface area contributed by atoms with Crippen molar-refractivity contribution in [3.63, 3.8) is 0 Å². The molecule has 7 N–H and O–H groups in total. The van der Waals surface area contributed by atoms with E-state index in [1.807, 2.05) is 0 Å². The average molecular weight is 398 g/mol. The number of esters is 1. The second-order valence-corrected chi connectivity index (χ2v) is 6.12. The molecule has 2 rings (SSSR count). The molecule has 0 amide bonds. The van der Waals surface area contributed by atoms with E-state index in [0.29, 0.717) is 0 Å². The van der Waals surface area contributed by atoms with Gasteiger partial charge < -0.3 is 54.7 Å². The molecule has 0 bridgehead atoms. The molecular formula is C14H22O13. The first-order chi connectivity index (χ1) is 12.7. The van der Waals surface area contributed by atoms with E-state index < -0.39 is 80.6 Å². The third-order valence-electron chi connectivity index (χ3n) is 4.38. The molecule has 2 aliphatic rings. The van der Waals surface area contributed by atoms with Crippen molar-refractivity contribution in [3.8, 4) is 0 Å². The monoisotopic (exact) mass is 398 g/mol. The number of carbonyl (C=O) groups is 2. The van der Waals surface area contributed by atoms with E-state index in [1.54, 1.807) is 0 Å². The van der Waals surface area contributed by atoms with Crippen LogP contribution >= 0.6 is 0 Å². The smallest absolute Gasteiger partial charge is 0.371 e. The van der Waals surface area contributed by atoms with Gasteiger partial charge in [0.25, 0.3) is 0 Å². The first-order valence-corrected chi connectivity index (χ1v) is 7.95. The quantitative estimate of drug-likeness (QED) is 0.121. The van der Waals surface area contributed by atoms with Gasteiger partial charge in [-0.1, -0.05) is 0 Å². The van der Waals surface area contributed by atoms with Gasteiger partial charge in [-0.3, -0.25) is 4.79 Å². The highest BCUT2D eigenvalue weighted by atomic mass is 16.8. The topological polar surface area (TPSA) is 213 Å². The van der Waals surface area contributed by atoms with E-state index >= 15 is 0 Å². The lowest BCUT2D eigenvalue weighted by molar-refractivity contribution is -0.383. The Morgan fingerprint density at radius 2 is 1.67 bits per heavy atom. The van der Waals surface area contributed by atoms with Gasteiger partial charge in [-0.15, -0.1) is 0 Å². The fraction of sp³-hybridized carbons (Fsp3) is 0.857. The molecule has 2 heterocycles. The van der Waals surface area contributed by atoms with Crippen LogP contribution in [0.1, 0.15) is 0 Å². The zero-order valence-corrected chi connectivity index (χ0v) is 13.9. The molecule has 0 unspecified atom stereocenters. The second-order valence-electron chi connectivity index (χ2n) is 6.12. The van der Waals surface area contributed by atoms with Gasteiger partial charge in [0.1, 0.15) is 55.9 Å². The lowest BCUT2D eigenvalue weighted by Crippen LogP contribution is -2.62. The summed E-state index contributed by atoms with van der Waals surface area (Å²) in [6.07, 6.45) is -13.6. The maximum atomic E-state index is 10.9. The van der Waals surface area contributed by atoms with Crippen molar-refractivity contribution in [1.82, 2.24) is 0 Å². The molecule has 27 heavy (non-hydrogen) atoms. The number of ether oxygens (including phenoxy) is 4. The largest absolute Gasteiger partial charge is 0.457 e. The van der Waals surface area contributed by atoms with Gasteiger partial charge in [-0.25, -0.2) is 4.79 Å². The highest BCUT2D eigenvalue weighted by Crippen LogP contribution is 2.35. The van der Waals surface area contributed by atoms with Crippen molar-refractivity contribution in [1.29, 1.82) is 0 Å². The van der Waals surface area contributed by atoms with Crippen LogP contribution in [0.4, 0.5) is 0 Å². The van der Waals surface area contributed by atoms with Crippen LogP contribution in [0.25, 0.3) is 0 Å². The Morgan fingerprint density at radius 3 is 2.19 bits per heavy atom. The van der Waals surface area contributed by atoms with Crippen LogP contribution < -0.4 is 0 Å². The van der Waals surface area contributed by atoms with E-state index in [9.17, 15) is 40.2 Å². The first kappa shape index (κ1) is 22.0. The SMILES string of the molecule is O=CC(=O)OC[C@H]1O[C@H](O[C@]2(CO)O[C@H](CO)[C@@H](O)[C@@H]2O)[C@H](O)[C@@H](O)[C@@H]1O. The van der Waals surface area contributed by atoms with Crippen LogP contribution in [0.3, 0.4) is 0 Å². The van der Waals surface area contributed by atoms with E-state index in [-0.39, 0.29) is 6.29 Å². The Labute approximate surface area is 152 Å². The van der Waals surface area contributed by atoms with Gasteiger partial charge in [-0.2, -0.15) is 0 Å². The first-order valence-electron chi connectivity index (χ1n) is 7.95. The molecule has 2 fully saturated rings. The molecule has 0 radical (unpaired) electrons. The molecule has 13 heteroatoms. The number of rotatable bonds is 7. The lowest BCUT2D eigenvalue weighted by Gasteiger charge is -2.43. The summed E-state index contributed by atoms with van der Waals surface area (Å²) in [4.78, 5) is 21.2. The van der Waals surface area contributed by atoms with E-state index in [2.05, 4.69) is 4.74 Å². The van der Waals surface area contributed by atoms with Crippen LogP contribution in [0.5, 0.6) is 0 Å². The zero-order chi connectivity index (χ0) is 20.4. The standard InChI is InChI=1S/C14H22O13/c15-1-5-9(20)12(23)14(4-17,26-5)27-13-11(22)10(21)8(19)6(25-13)3-24-7(18)2-16/h2,5-6,8-13,15,17,19-23H,1,3-4H2/t5-,6-,8-,9-,10+,11-,12+,13-,14+/m1/s1. The zero-order valence-electron chi connectivity index (χ0n) is 13.9. The van der Waals surface area contributed by atoms with E-state index in [4.69, 9.17) is 19.3 Å². The van der Waals surface area contributed by atoms with Crippen molar-refractivity contribution in [2.24, 2.45) is 0 Å². The predicted molar refractivity (Wildman–Crippen MR) is 78.6 cm³/mol. The molecule has 0 aliphatic carbocycles. The van der Waals surface area contributed by atoms with E-state index in [1.165, 1.54) is 0 Å². The second kappa shape index (κ2) is 8.83. The summed E-state index contributed by atoms with van der Waals surface area (Å²) in [7, 11) is 0. The number of aldehydes is 1. The molecule has 9 atom stereocenters. The van der Waals surface area contributed by atoms with Crippen LogP contribution in [-0.4, -0.2) is 123 Å². The average Bonchev–Trinajstić information content (AvgIpc) is 2.92. The molecule has 13 nitrogen and oxygen atoms in total. The van der Waals surface area contributed by atoms with Crippen molar-refractivity contribution < 1.29 is 64.3 Å². The number of aliphatic hydroxyl groups excluding tert-OH is 7. The predicted octanol–water partition coefficient (Wildman–Crippen LogP) is -5.65. The number of hydrogen-bond acceptors (Lipinski definition) is 13. The highest BCUT2D eigenvalue weighted by Gasteiger charge is 2.58. The summed E-state index contributed by atoms with van der Waals surface area (Å²) in [6, 6.07) is 0. The fourth-order valence-electron chi connectivity index (χ4n) is 2.82. The number of carbonyl (C=O) groups excluding carboxylic acids is 2. The Kier molecular flexibility index (Phi) is 7.20. The Balaban J connectivity index is 2.15. The van der Waals surface area contributed by atoms with Gasteiger partial charge in [0, 0.05) is 0 Å². The van der Waals surface area contributed by atoms with Gasteiger partial charge in [-0.05, 0) is 0 Å². The molecular weight excluding hydrogens is 376 g/mol. The molecule has 0 saturated carbocycles. The van der Waals surface area contributed by atoms with Crippen molar-refractivity contribution >= 4 is 12.3 Å². The molecule has 0 aromatic heterocycles. The van der Waals surface area contributed by atoms with Crippen LogP contribution in [0.2, 0.25) is 0 Å². The van der Waals surface area contributed by atoms with Gasteiger partial charge in [0.2, 0.25) is 12.1 Å². The Morgan fingerprint density at radius 1 is 1.00 bits per heavy atom. The minimum absolute atomic E-state index is 0.131. The minimum Gasteiger partial charge on any atom is -0.457 e. The summed E-state index contributed by atoms with van der Waals surface area (Å²) >= 11 is 0. The third kappa shape index (κ3) is 4.27. The van der Waals surface area contributed by atoms with Crippen LogP contribution in [0.15, 0.2) is 0 Å². The number of hydrogen-bond donors (Lipinski definition) is 7. The lowest BCUT2D eigenvalue weighted by atomic mass is 9.99. The summed E-state index contributed by atoms with van der Waals surface area (Å²) < 4.78 is 20.1. The summed E-state index contributed by atoms with van der Waals surface area (Å²) in [5, 5.41) is 68.5. The molecule has 0 spiro atoms. The normalized spacial score (nSPS) is 44.9. The van der Waals surface area contributed by atoms with Crippen LogP contribution in [-0.2, 0) is 28.5 Å². The molecule has 2 aliphatic heterocycles. The fourth-order valence-corrected chi connectivity index (χ4v) is 2.82. The maximum absolute atomic E-state index is 10.9. The van der Waals surface area contributed by atoms with Crippen molar-refractivity contribution in [3.05, 3.63) is 0 Å². The summed E-state index contributed by atoms with van der Waals surface area (Å²) in [5.41, 5.74) is 0. The van der Waals surface area contributed by atoms with E-state index in [0.717, 1.165) is 0 Å². The minimum atomic E-state index is -2.31. The molecule has 156 valence electrons. The highest BCUT2D eigenvalue weighted by molar-refractivity contribution is 6.20. The van der Waals surface area contributed by atoms with Crippen LogP contribution in [0, 0.1) is 0 Å². The number of aliphatic hydroxyl groups is 7. The van der Waals surface area contributed by atoms with Gasteiger partial charge in [0.15, 0.2) is 6.29 Å². The third-order valence-corrected chi connectivity index (χ3v) is 4.38. The van der Waals surface area contributed by atoms with Gasteiger partial charge >= 0.3 is 5.97 Å². The van der Waals surface area contributed by atoms with Crippen molar-refractivity contribution in [2.45, 2.75) is 54.8 Å². The summed E-state index contributed by atoms with van der Waals surface area (Å²) in [5.74, 6) is -3.58. The van der Waals surface area contributed by atoms with Crippen molar-refractivity contribution in [2.75, 3.05) is 19.8 Å². The molecule has 0 aromatic rings. The molecule has 0 aromatic carbocycles. The van der Waals surface area contributed by atoms with Gasteiger partial charge in [0.05, 0.1) is 6.61 Å². The Bertz CT molecular complexity index is 529. The molecule has 2 saturated heterocycles. The summed E-state index contributed by atoms with van der Waals surface area (Å²) in [6.45, 7) is -2.43.